The van der Waals surface area contributed by atoms with E-state index in [4.69, 9.17) is 9.47 Å². The quantitative estimate of drug-likeness (QED) is 0.393. The van der Waals surface area contributed by atoms with Crippen LogP contribution in [0.25, 0.3) is 10.9 Å². The number of aryl methyl sites for hydroxylation is 1. The molecule has 0 spiro atoms. The Morgan fingerprint density at radius 2 is 1.80 bits per heavy atom. The lowest BCUT2D eigenvalue weighted by atomic mass is 10.0. The second-order valence-electron chi connectivity index (χ2n) is 8.65. The second-order valence-corrected chi connectivity index (χ2v) is 10.8. The molecule has 3 aromatic rings. The molecule has 35 heavy (non-hydrogen) atoms. The lowest BCUT2D eigenvalue weighted by molar-refractivity contribution is 0.0319. The molecule has 1 fully saturated rings. The summed E-state index contributed by atoms with van der Waals surface area (Å²) in [6.45, 7) is 5.39. The number of aromatic amines is 1. The third-order valence-electron chi connectivity index (χ3n) is 6.11. The molecular weight excluding hydrogens is 470 g/mol. The molecule has 0 unspecified atom stereocenters. The maximum absolute atomic E-state index is 13.3. The number of carbonyl (C=O) groups is 2. The number of nitrogens with one attached hydrogen (secondary N) is 1. The van der Waals surface area contributed by atoms with Crippen LogP contribution in [0.4, 0.5) is 5.69 Å². The van der Waals surface area contributed by atoms with Crippen molar-refractivity contribution in [2.75, 3.05) is 45.3 Å². The van der Waals surface area contributed by atoms with Crippen LogP contribution in [-0.2, 0) is 19.5 Å². The molecule has 1 aliphatic heterocycles. The van der Waals surface area contributed by atoms with Gasteiger partial charge in [-0.3, -0.25) is 4.79 Å². The molecule has 0 bridgehead atoms. The zero-order valence-corrected chi connectivity index (χ0v) is 21.0. The molecule has 186 valence electrons. The Hall–Kier alpha value is -3.21. The van der Waals surface area contributed by atoms with Crippen LogP contribution in [0.3, 0.4) is 0 Å². The van der Waals surface area contributed by atoms with E-state index in [-0.39, 0.29) is 16.2 Å². The molecule has 4 rings (SSSR count). The highest BCUT2D eigenvalue weighted by Crippen LogP contribution is 2.28. The average molecular weight is 500 g/mol. The van der Waals surface area contributed by atoms with Crippen molar-refractivity contribution in [2.45, 2.75) is 24.8 Å². The molecule has 1 aromatic heterocycles. The number of fused-ring (bicyclic) bond motifs is 1. The Kier molecular flexibility index (Phi) is 6.98. The van der Waals surface area contributed by atoms with Crippen LogP contribution in [0.1, 0.15) is 33.3 Å². The molecule has 1 N–H and O–H groups in total. The van der Waals surface area contributed by atoms with Gasteiger partial charge in [0, 0.05) is 49.3 Å². The summed E-state index contributed by atoms with van der Waals surface area (Å²) < 4.78 is 37.6. The number of hydrogen-bond acceptors (Lipinski definition) is 7. The zero-order chi connectivity index (χ0) is 25.3. The lowest BCUT2D eigenvalue weighted by Crippen LogP contribution is -2.37. The van der Waals surface area contributed by atoms with Crippen LogP contribution < -0.4 is 4.90 Å². The van der Waals surface area contributed by atoms with Crippen molar-refractivity contribution in [1.82, 2.24) is 9.29 Å². The van der Waals surface area contributed by atoms with E-state index >= 15 is 0 Å². The van der Waals surface area contributed by atoms with Crippen molar-refractivity contribution in [1.29, 1.82) is 0 Å². The fourth-order valence-electron chi connectivity index (χ4n) is 4.20. The Balaban J connectivity index is 1.67. The minimum atomic E-state index is -3.78. The first kappa shape index (κ1) is 24.9. The number of H-pyrrole nitrogens is 1. The van der Waals surface area contributed by atoms with Crippen molar-refractivity contribution in [3.8, 4) is 0 Å². The van der Waals surface area contributed by atoms with Gasteiger partial charge in [0.15, 0.2) is 6.10 Å². The van der Waals surface area contributed by atoms with Gasteiger partial charge in [-0.05, 0) is 38.1 Å². The molecular formula is C25H29N3O6S. The normalized spacial score (nSPS) is 15.4. The van der Waals surface area contributed by atoms with Crippen molar-refractivity contribution in [3.63, 3.8) is 0 Å². The van der Waals surface area contributed by atoms with Crippen LogP contribution in [0.2, 0.25) is 0 Å². The molecule has 0 radical (unpaired) electrons. The summed E-state index contributed by atoms with van der Waals surface area (Å²) in [5.74, 6) is -1.10. The number of rotatable bonds is 7. The van der Waals surface area contributed by atoms with Gasteiger partial charge >= 0.3 is 5.97 Å². The number of esters is 1. The van der Waals surface area contributed by atoms with Crippen molar-refractivity contribution in [2.24, 2.45) is 0 Å². The third kappa shape index (κ3) is 4.82. The maximum atomic E-state index is 13.3. The molecule has 1 aliphatic rings. The number of anilines is 1. The standard InChI is InChI=1S/C25H29N3O6S/c1-16-23(19-7-5-6-8-21(19)26-16)24(29)17(2)34-25(30)20-15-18(35(31,32)27(3)4)9-10-22(20)28-11-13-33-14-12-28/h5-10,15,17,26H,11-14H2,1-4H3/t17-/m0/s1. The van der Waals surface area contributed by atoms with Crippen molar-refractivity contribution < 1.29 is 27.5 Å². The molecule has 0 amide bonds. The van der Waals surface area contributed by atoms with Crippen molar-refractivity contribution in [3.05, 3.63) is 59.3 Å². The summed E-state index contributed by atoms with van der Waals surface area (Å²) in [6.07, 6.45) is -1.08. The smallest absolute Gasteiger partial charge is 0.341 e. The third-order valence-corrected chi connectivity index (χ3v) is 7.92. The first-order valence-corrected chi connectivity index (χ1v) is 12.8. The van der Waals surface area contributed by atoms with Gasteiger partial charge in [-0.15, -0.1) is 0 Å². The molecule has 10 heteroatoms. The van der Waals surface area contributed by atoms with Gasteiger partial charge in [0.2, 0.25) is 15.8 Å². The highest BCUT2D eigenvalue weighted by Gasteiger charge is 2.29. The second kappa shape index (κ2) is 9.80. The minimum Gasteiger partial charge on any atom is -0.451 e. The summed E-state index contributed by atoms with van der Waals surface area (Å²) in [5, 5.41) is 0.756. The SMILES string of the molecule is Cc1[nH]c2ccccc2c1C(=O)[C@H](C)OC(=O)c1cc(S(=O)(=O)N(C)C)ccc1N1CCOCC1. The molecule has 0 saturated carbocycles. The largest absolute Gasteiger partial charge is 0.451 e. The number of ketones is 1. The van der Waals surface area contributed by atoms with Gasteiger partial charge in [-0.1, -0.05) is 18.2 Å². The first-order chi connectivity index (χ1) is 16.6. The Bertz CT molecular complexity index is 1370. The van der Waals surface area contributed by atoms with E-state index in [1.807, 2.05) is 29.2 Å². The first-order valence-electron chi connectivity index (χ1n) is 11.3. The van der Waals surface area contributed by atoms with E-state index in [9.17, 15) is 18.0 Å². The van der Waals surface area contributed by atoms with Crippen LogP contribution in [0.5, 0.6) is 0 Å². The van der Waals surface area contributed by atoms with E-state index in [0.717, 1.165) is 15.2 Å². The highest BCUT2D eigenvalue weighted by atomic mass is 32.2. The van der Waals surface area contributed by atoms with Crippen molar-refractivity contribution >= 4 is 38.4 Å². The number of aromatic nitrogens is 1. The summed E-state index contributed by atoms with van der Waals surface area (Å²) in [5.41, 5.74) is 2.61. The maximum Gasteiger partial charge on any atom is 0.341 e. The van der Waals surface area contributed by atoms with E-state index in [0.29, 0.717) is 43.2 Å². The summed E-state index contributed by atoms with van der Waals surface area (Å²) in [4.78, 5) is 31.7. The molecule has 9 nitrogen and oxygen atoms in total. The number of ether oxygens (including phenoxy) is 2. The zero-order valence-electron chi connectivity index (χ0n) is 20.2. The lowest BCUT2D eigenvalue weighted by Gasteiger charge is -2.30. The molecule has 1 atom stereocenters. The van der Waals surface area contributed by atoms with Gasteiger partial charge in [0.25, 0.3) is 0 Å². The number of sulfonamides is 1. The summed E-state index contributed by atoms with van der Waals surface area (Å²) >= 11 is 0. The Morgan fingerprint density at radius 1 is 1.11 bits per heavy atom. The molecule has 0 aliphatic carbocycles. The Labute approximate surface area is 204 Å². The van der Waals surface area contributed by atoms with E-state index in [2.05, 4.69) is 4.98 Å². The number of Topliss-reactive ketones (excluding diaryl/α,β-unsaturated/α-hetero) is 1. The fourth-order valence-corrected chi connectivity index (χ4v) is 5.13. The van der Waals surface area contributed by atoms with E-state index in [1.54, 1.807) is 13.0 Å². The predicted octanol–water partition coefficient (Wildman–Crippen LogP) is 2.99. The monoisotopic (exact) mass is 499 g/mol. The highest BCUT2D eigenvalue weighted by molar-refractivity contribution is 7.89. The Morgan fingerprint density at radius 3 is 2.49 bits per heavy atom. The number of hydrogen-bond donors (Lipinski definition) is 1. The van der Waals surface area contributed by atoms with Crippen LogP contribution in [0, 0.1) is 6.92 Å². The topological polar surface area (TPSA) is 109 Å². The van der Waals surface area contributed by atoms with Crippen LogP contribution in [-0.4, -0.2) is 76.0 Å². The fraction of sp³-hybridized carbons (Fsp3) is 0.360. The van der Waals surface area contributed by atoms with Gasteiger partial charge in [-0.25, -0.2) is 17.5 Å². The van der Waals surface area contributed by atoms with E-state index in [1.165, 1.54) is 33.2 Å². The molecule has 2 aromatic carbocycles. The summed E-state index contributed by atoms with van der Waals surface area (Å²) in [7, 11) is -0.931. The van der Waals surface area contributed by atoms with Gasteiger partial charge in [-0.2, -0.15) is 0 Å². The number of benzene rings is 2. The van der Waals surface area contributed by atoms with Crippen LogP contribution >= 0.6 is 0 Å². The number of carbonyl (C=O) groups excluding carboxylic acids is 2. The summed E-state index contributed by atoms with van der Waals surface area (Å²) in [6, 6.07) is 11.8. The molecule has 1 saturated heterocycles. The number of morpholine rings is 1. The number of nitrogens with zero attached hydrogens (tertiary/aromatic N) is 2. The minimum absolute atomic E-state index is 0.0297. The van der Waals surface area contributed by atoms with E-state index < -0.39 is 22.1 Å². The van der Waals surface area contributed by atoms with Crippen LogP contribution in [0.15, 0.2) is 47.4 Å². The predicted molar refractivity (Wildman–Crippen MR) is 133 cm³/mol. The van der Waals surface area contributed by atoms with Gasteiger partial charge < -0.3 is 19.4 Å². The molecule has 2 heterocycles. The van der Waals surface area contributed by atoms with Gasteiger partial charge in [0.05, 0.1) is 29.4 Å². The number of para-hydroxylation sites is 1. The average Bonchev–Trinajstić information content (AvgIpc) is 3.19. The van der Waals surface area contributed by atoms with Gasteiger partial charge in [0.1, 0.15) is 0 Å².